The van der Waals surface area contributed by atoms with Crippen molar-refractivity contribution in [1.82, 2.24) is 15.0 Å². The molecule has 3 aromatic heterocycles. The highest BCUT2D eigenvalue weighted by Crippen LogP contribution is 2.43. The Labute approximate surface area is 175 Å². The molecule has 0 N–H and O–H groups in total. The van der Waals surface area contributed by atoms with Gasteiger partial charge in [0.25, 0.3) is 0 Å². The summed E-state index contributed by atoms with van der Waals surface area (Å²) in [6.07, 6.45) is 6.37. The van der Waals surface area contributed by atoms with Crippen LogP contribution in [0.5, 0.6) is 0 Å². The summed E-state index contributed by atoms with van der Waals surface area (Å²) >= 11 is 3.62. The van der Waals surface area contributed by atoms with Crippen LogP contribution < -0.4 is 0 Å². The van der Waals surface area contributed by atoms with Crippen LogP contribution in [0.25, 0.3) is 20.4 Å². The van der Waals surface area contributed by atoms with Gasteiger partial charge in [-0.15, -0.1) is 23.1 Å². The highest BCUT2D eigenvalue weighted by atomic mass is 32.2. The molecule has 0 radical (unpaired) electrons. The van der Waals surface area contributed by atoms with E-state index >= 15 is 0 Å². The van der Waals surface area contributed by atoms with Crippen molar-refractivity contribution in [2.24, 2.45) is 0 Å². The van der Waals surface area contributed by atoms with Crippen molar-refractivity contribution < 1.29 is 4.74 Å². The molecule has 0 aliphatic carbocycles. The summed E-state index contributed by atoms with van der Waals surface area (Å²) in [5, 5.41) is 2.34. The predicted molar refractivity (Wildman–Crippen MR) is 120 cm³/mol. The Morgan fingerprint density at radius 2 is 2.04 bits per heavy atom. The van der Waals surface area contributed by atoms with Crippen molar-refractivity contribution in [2.75, 3.05) is 5.75 Å². The molecule has 0 bridgehead atoms. The number of unbranched alkanes of at least 4 members (excludes halogenated alkanes) is 2. The van der Waals surface area contributed by atoms with Gasteiger partial charge in [0.15, 0.2) is 0 Å². The molecule has 4 heterocycles. The van der Waals surface area contributed by atoms with Crippen molar-refractivity contribution in [3.63, 3.8) is 0 Å². The molecule has 0 saturated carbocycles. The van der Waals surface area contributed by atoms with Gasteiger partial charge in [-0.05, 0) is 37.5 Å². The molecule has 0 fully saturated rings. The van der Waals surface area contributed by atoms with E-state index in [1.165, 1.54) is 46.2 Å². The Morgan fingerprint density at radius 3 is 2.79 bits per heavy atom. The number of thioether (sulfide) groups is 1. The number of ether oxygens (including phenoxy) is 1. The van der Waals surface area contributed by atoms with Gasteiger partial charge in [0.2, 0.25) is 0 Å². The maximum Gasteiger partial charge on any atom is 0.126 e. The molecule has 1 aliphatic rings. The smallest absolute Gasteiger partial charge is 0.126 e. The average molecular weight is 416 g/mol. The second-order valence-electron chi connectivity index (χ2n) is 8.53. The molecule has 0 atom stereocenters. The topological polar surface area (TPSA) is 47.9 Å². The second-order valence-corrected chi connectivity index (χ2v) is 10.6. The van der Waals surface area contributed by atoms with Crippen molar-refractivity contribution in [3.05, 3.63) is 23.1 Å². The van der Waals surface area contributed by atoms with Crippen LogP contribution in [0.1, 0.15) is 76.6 Å². The zero-order valence-electron chi connectivity index (χ0n) is 17.5. The first kappa shape index (κ1) is 20.0. The SMILES string of the molecule is CCCCCSc1ncnc2c1sc1nc(C(C)C)c3c(c12)CC(C)(C)OC3. The summed E-state index contributed by atoms with van der Waals surface area (Å²) in [4.78, 5) is 15.5. The minimum absolute atomic E-state index is 0.158. The Kier molecular flexibility index (Phi) is 5.64. The molecule has 0 unspecified atom stereocenters. The van der Waals surface area contributed by atoms with E-state index in [4.69, 9.17) is 14.7 Å². The molecular weight excluding hydrogens is 386 g/mol. The normalized spacial score (nSPS) is 16.2. The standard InChI is InChI=1S/C22H29N3OS2/c1-6-7-8-9-27-21-19-18(23-12-24-21)16-14-10-22(4,5)26-11-15(14)17(13(2)3)25-20(16)28-19/h12-13H,6-11H2,1-5H3. The lowest BCUT2D eigenvalue weighted by atomic mass is 9.87. The van der Waals surface area contributed by atoms with E-state index in [1.807, 2.05) is 11.8 Å². The predicted octanol–water partition coefficient (Wildman–Crippen LogP) is 6.50. The van der Waals surface area contributed by atoms with E-state index in [2.05, 4.69) is 39.6 Å². The molecule has 150 valence electrons. The lowest BCUT2D eigenvalue weighted by molar-refractivity contribution is -0.0402. The fraction of sp³-hybridized carbons (Fsp3) is 0.591. The third kappa shape index (κ3) is 3.66. The van der Waals surface area contributed by atoms with Crippen LogP contribution in [0.4, 0.5) is 0 Å². The van der Waals surface area contributed by atoms with Gasteiger partial charge in [-0.1, -0.05) is 33.6 Å². The van der Waals surface area contributed by atoms with Gasteiger partial charge in [0, 0.05) is 17.4 Å². The van der Waals surface area contributed by atoms with E-state index in [9.17, 15) is 0 Å². The fourth-order valence-corrected chi connectivity index (χ4v) is 6.16. The lowest BCUT2D eigenvalue weighted by Crippen LogP contribution is -2.32. The molecular formula is C22H29N3OS2. The fourth-order valence-electron chi connectivity index (χ4n) is 3.91. The van der Waals surface area contributed by atoms with E-state index < -0.39 is 0 Å². The summed E-state index contributed by atoms with van der Waals surface area (Å²) < 4.78 is 7.34. The number of nitrogens with zero attached hydrogens (tertiary/aromatic N) is 3. The highest BCUT2D eigenvalue weighted by Gasteiger charge is 2.32. The summed E-state index contributed by atoms with van der Waals surface area (Å²) in [7, 11) is 0. The number of hydrogen-bond acceptors (Lipinski definition) is 6. The van der Waals surface area contributed by atoms with E-state index in [1.54, 1.807) is 17.7 Å². The van der Waals surface area contributed by atoms with Gasteiger partial charge in [-0.25, -0.2) is 15.0 Å². The molecule has 4 nitrogen and oxygen atoms in total. The molecule has 0 aromatic carbocycles. The molecule has 0 spiro atoms. The second kappa shape index (κ2) is 7.88. The number of hydrogen-bond donors (Lipinski definition) is 0. The summed E-state index contributed by atoms with van der Waals surface area (Å²) in [5.41, 5.74) is 4.75. The molecule has 4 rings (SSSR count). The van der Waals surface area contributed by atoms with Gasteiger partial charge in [-0.3, -0.25) is 0 Å². The van der Waals surface area contributed by atoms with Gasteiger partial charge in [-0.2, -0.15) is 0 Å². The van der Waals surface area contributed by atoms with Crippen molar-refractivity contribution in [1.29, 1.82) is 0 Å². The van der Waals surface area contributed by atoms with Gasteiger partial charge < -0.3 is 4.74 Å². The van der Waals surface area contributed by atoms with Crippen LogP contribution in [0.15, 0.2) is 11.4 Å². The third-order valence-corrected chi connectivity index (χ3v) is 7.65. The van der Waals surface area contributed by atoms with Gasteiger partial charge >= 0.3 is 0 Å². The number of rotatable bonds is 6. The Bertz CT molecular complexity index is 1010. The minimum Gasteiger partial charge on any atom is -0.370 e. The maximum absolute atomic E-state index is 6.15. The lowest BCUT2D eigenvalue weighted by Gasteiger charge is -2.33. The number of fused-ring (bicyclic) bond motifs is 5. The highest BCUT2D eigenvalue weighted by molar-refractivity contribution is 7.99. The Balaban J connectivity index is 1.89. The van der Waals surface area contributed by atoms with Crippen LogP contribution in [-0.2, 0) is 17.8 Å². The number of pyridine rings is 1. The van der Waals surface area contributed by atoms with Crippen LogP contribution >= 0.6 is 23.1 Å². The van der Waals surface area contributed by atoms with Crippen molar-refractivity contribution >= 4 is 43.5 Å². The van der Waals surface area contributed by atoms with Gasteiger partial charge in [0.1, 0.15) is 16.2 Å². The van der Waals surface area contributed by atoms with Gasteiger partial charge in [0.05, 0.1) is 28.1 Å². The first-order chi connectivity index (χ1) is 13.4. The quantitative estimate of drug-likeness (QED) is 0.261. The zero-order valence-corrected chi connectivity index (χ0v) is 19.1. The van der Waals surface area contributed by atoms with Crippen LogP contribution in [0, 0.1) is 0 Å². The maximum atomic E-state index is 6.15. The molecule has 1 aliphatic heterocycles. The average Bonchev–Trinajstić information content (AvgIpc) is 3.03. The summed E-state index contributed by atoms with van der Waals surface area (Å²) in [5.74, 6) is 1.49. The minimum atomic E-state index is -0.158. The largest absolute Gasteiger partial charge is 0.370 e. The summed E-state index contributed by atoms with van der Waals surface area (Å²) in [6, 6.07) is 0. The molecule has 28 heavy (non-hydrogen) atoms. The Morgan fingerprint density at radius 1 is 1.21 bits per heavy atom. The first-order valence-corrected chi connectivity index (χ1v) is 12.1. The van der Waals surface area contributed by atoms with Crippen LogP contribution in [0.3, 0.4) is 0 Å². The monoisotopic (exact) mass is 415 g/mol. The molecule has 3 aromatic rings. The summed E-state index contributed by atoms with van der Waals surface area (Å²) in [6.45, 7) is 11.7. The molecule has 6 heteroatoms. The van der Waals surface area contributed by atoms with E-state index in [0.29, 0.717) is 12.5 Å². The zero-order chi connectivity index (χ0) is 19.9. The van der Waals surface area contributed by atoms with E-state index in [-0.39, 0.29) is 5.60 Å². The van der Waals surface area contributed by atoms with Crippen molar-refractivity contribution in [2.45, 2.75) is 83.5 Å². The number of thiophene rings is 1. The van der Waals surface area contributed by atoms with Crippen molar-refractivity contribution in [3.8, 4) is 0 Å². The molecule has 0 saturated heterocycles. The Hall–Kier alpha value is -1.24. The molecule has 0 amide bonds. The first-order valence-electron chi connectivity index (χ1n) is 10.3. The van der Waals surface area contributed by atoms with Crippen LogP contribution in [0.2, 0.25) is 0 Å². The number of aromatic nitrogens is 3. The van der Waals surface area contributed by atoms with E-state index in [0.717, 1.165) is 27.5 Å². The third-order valence-electron chi connectivity index (χ3n) is 5.36. The van der Waals surface area contributed by atoms with Crippen LogP contribution in [-0.4, -0.2) is 26.3 Å².